The number of piperidine rings is 1. The van der Waals surface area contributed by atoms with Crippen molar-refractivity contribution in [3.05, 3.63) is 60.0 Å². The highest BCUT2D eigenvalue weighted by atomic mass is 19.4. The third kappa shape index (κ3) is 4.61. The van der Waals surface area contributed by atoms with E-state index in [-0.39, 0.29) is 0 Å². The molecule has 3 heterocycles. The quantitative estimate of drug-likeness (QED) is 0.586. The van der Waals surface area contributed by atoms with Gasteiger partial charge in [0.1, 0.15) is 5.52 Å². The van der Waals surface area contributed by atoms with Crippen LogP contribution in [0.2, 0.25) is 0 Å². The summed E-state index contributed by atoms with van der Waals surface area (Å²) in [6, 6.07) is 14.0. The van der Waals surface area contributed by atoms with Gasteiger partial charge in [-0.1, -0.05) is 18.2 Å². The van der Waals surface area contributed by atoms with Crippen LogP contribution in [0.3, 0.4) is 0 Å². The number of likely N-dealkylation sites (tertiary alicyclic amines) is 1. The Morgan fingerprint density at radius 2 is 1.66 bits per heavy atom. The molecule has 32 heavy (non-hydrogen) atoms. The van der Waals surface area contributed by atoms with Gasteiger partial charge in [0.2, 0.25) is 5.89 Å². The Kier molecular flexibility index (Phi) is 5.82. The van der Waals surface area contributed by atoms with Crippen LogP contribution in [0.15, 0.2) is 52.9 Å². The number of benzene rings is 2. The smallest absolute Gasteiger partial charge is 0.416 e. The number of hydrogen-bond acceptors (Lipinski definition) is 5. The van der Waals surface area contributed by atoms with Gasteiger partial charge in [0.15, 0.2) is 5.58 Å². The van der Waals surface area contributed by atoms with E-state index in [1.165, 1.54) is 12.1 Å². The van der Waals surface area contributed by atoms with Crippen molar-refractivity contribution in [1.29, 1.82) is 0 Å². The van der Waals surface area contributed by atoms with E-state index in [0.717, 1.165) is 81.7 Å². The summed E-state index contributed by atoms with van der Waals surface area (Å²) in [6.45, 7) is 5.99. The van der Waals surface area contributed by atoms with Crippen molar-refractivity contribution in [2.24, 2.45) is 0 Å². The molecule has 0 amide bonds. The van der Waals surface area contributed by atoms with Gasteiger partial charge in [0.25, 0.3) is 0 Å². The molecule has 0 spiro atoms. The molecular weight excluding hydrogens is 417 g/mol. The summed E-state index contributed by atoms with van der Waals surface area (Å²) in [5.74, 6) is 0.763. The van der Waals surface area contributed by atoms with E-state index in [1.54, 1.807) is 6.07 Å². The lowest BCUT2D eigenvalue weighted by molar-refractivity contribution is -0.137. The molecule has 0 saturated carbocycles. The fourth-order valence-corrected chi connectivity index (χ4v) is 4.85. The third-order valence-electron chi connectivity index (χ3n) is 6.62. The monoisotopic (exact) mass is 444 g/mol. The second-order valence-corrected chi connectivity index (χ2v) is 8.65. The molecule has 0 bridgehead atoms. The molecule has 0 radical (unpaired) electrons. The minimum Gasteiger partial charge on any atom is -0.439 e. The normalized spacial score (nSPS) is 19.7. The Balaban J connectivity index is 1.12. The summed E-state index contributed by atoms with van der Waals surface area (Å²) in [5.41, 5.74) is 1.81. The Morgan fingerprint density at radius 3 is 2.38 bits per heavy atom. The number of nitrogens with zero attached hydrogens (tertiary/aromatic N) is 4. The Morgan fingerprint density at radius 1 is 0.906 bits per heavy atom. The van der Waals surface area contributed by atoms with E-state index >= 15 is 0 Å². The number of anilines is 1. The zero-order valence-corrected chi connectivity index (χ0v) is 17.9. The number of alkyl halides is 3. The van der Waals surface area contributed by atoms with E-state index in [1.807, 2.05) is 24.3 Å². The molecule has 0 N–H and O–H groups in total. The average Bonchev–Trinajstić information content (AvgIpc) is 3.22. The standard InChI is InChI=1S/C24H27F3N4O/c25-24(26,27)18-4-3-5-20(16-18)31-14-12-30(13-15-31)19-8-10-29(11-9-19)17-23-28-21-6-1-2-7-22(21)32-23/h1-7,16,19H,8-15,17H2. The predicted octanol–water partition coefficient (Wildman–Crippen LogP) is 4.63. The minimum absolute atomic E-state index is 0.526. The summed E-state index contributed by atoms with van der Waals surface area (Å²) >= 11 is 0. The van der Waals surface area contributed by atoms with Crippen molar-refractivity contribution in [3.8, 4) is 0 Å². The van der Waals surface area contributed by atoms with Gasteiger partial charge in [0.05, 0.1) is 12.1 Å². The van der Waals surface area contributed by atoms with Crippen LogP contribution >= 0.6 is 0 Å². The lowest BCUT2D eigenvalue weighted by atomic mass is 10.0. The van der Waals surface area contributed by atoms with Gasteiger partial charge in [-0.25, -0.2) is 4.98 Å². The van der Waals surface area contributed by atoms with Crippen LogP contribution in [-0.4, -0.2) is 60.1 Å². The molecule has 2 fully saturated rings. The Bertz CT molecular complexity index is 1020. The van der Waals surface area contributed by atoms with Crippen LogP contribution in [0.25, 0.3) is 11.1 Å². The molecule has 2 aliphatic heterocycles. The van der Waals surface area contributed by atoms with Crippen LogP contribution < -0.4 is 4.90 Å². The highest BCUT2D eigenvalue weighted by molar-refractivity contribution is 5.72. The minimum atomic E-state index is -4.30. The number of para-hydroxylation sites is 2. The highest BCUT2D eigenvalue weighted by Gasteiger charge is 2.32. The van der Waals surface area contributed by atoms with E-state index in [9.17, 15) is 13.2 Å². The second-order valence-electron chi connectivity index (χ2n) is 8.65. The molecule has 0 atom stereocenters. The number of oxazole rings is 1. The summed E-state index contributed by atoms with van der Waals surface area (Å²) in [6.07, 6.45) is -2.13. The van der Waals surface area contributed by atoms with Crippen LogP contribution in [0.1, 0.15) is 24.3 Å². The first-order valence-corrected chi connectivity index (χ1v) is 11.2. The maximum Gasteiger partial charge on any atom is 0.416 e. The van der Waals surface area contributed by atoms with Gasteiger partial charge >= 0.3 is 6.18 Å². The van der Waals surface area contributed by atoms with Gasteiger partial charge in [-0.05, 0) is 43.2 Å². The van der Waals surface area contributed by atoms with Crippen LogP contribution in [0, 0.1) is 0 Å². The van der Waals surface area contributed by atoms with Crippen molar-refractivity contribution in [3.63, 3.8) is 0 Å². The number of hydrogen-bond donors (Lipinski definition) is 0. The van der Waals surface area contributed by atoms with Crippen molar-refractivity contribution < 1.29 is 17.6 Å². The maximum absolute atomic E-state index is 13.0. The van der Waals surface area contributed by atoms with Crippen LogP contribution in [0.4, 0.5) is 18.9 Å². The molecule has 3 aromatic rings. The van der Waals surface area contributed by atoms with Gasteiger partial charge in [-0.15, -0.1) is 0 Å². The molecule has 0 unspecified atom stereocenters. The molecule has 2 aliphatic rings. The van der Waals surface area contributed by atoms with Crippen molar-refractivity contribution in [2.45, 2.75) is 31.6 Å². The summed E-state index contributed by atoms with van der Waals surface area (Å²) in [7, 11) is 0. The van der Waals surface area contributed by atoms with Gasteiger partial charge in [-0.2, -0.15) is 13.2 Å². The zero-order valence-electron chi connectivity index (χ0n) is 17.9. The number of piperazine rings is 1. The topological polar surface area (TPSA) is 35.8 Å². The fraction of sp³-hybridized carbons (Fsp3) is 0.458. The number of fused-ring (bicyclic) bond motifs is 1. The van der Waals surface area contributed by atoms with Gasteiger partial charge in [-0.3, -0.25) is 9.80 Å². The maximum atomic E-state index is 13.0. The average molecular weight is 445 g/mol. The van der Waals surface area contributed by atoms with Gasteiger partial charge in [0, 0.05) is 51.0 Å². The van der Waals surface area contributed by atoms with E-state index in [0.29, 0.717) is 11.7 Å². The largest absolute Gasteiger partial charge is 0.439 e. The summed E-state index contributed by atoms with van der Waals surface area (Å²) in [4.78, 5) is 11.5. The first kappa shape index (κ1) is 21.3. The Hall–Kier alpha value is -2.58. The molecule has 5 rings (SSSR count). The molecule has 170 valence electrons. The molecule has 8 heteroatoms. The van der Waals surface area contributed by atoms with E-state index < -0.39 is 11.7 Å². The van der Waals surface area contributed by atoms with Crippen LogP contribution in [-0.2, 0) is 12.7 Å². The number of rotatable bonds is 4. The number of aromatic nitrogens is 1. The van der Waals surface area contributed by atoms with Gasteiger partial charge < -0.3 is 9.32 Å². The molecule has 1 aromatic heterocycles. The SMILES string of the molecule is FC(F)(F)c1cccc(N2CCN(C3CCN(Cc4nc5ccccc5o4)CC3)CC2)c1. The summed E-state index contributed by atoms with van der Waals surface area (Å²) in [5, 5.41) is 0. The lowest BCUT2D eigenvalue weighted by Crippen LogP contribution is -2.53. The van der Waals surface area contributed by atoms with E-state index in [2.05, 4.69) is 19.7 Å². The van der Waals surface area contributed by atoms with Crippen molar-refractivity contribution in [1.82, 2.24) is 14.8 Å². The molecule has 0 aliphatic carbocycles. The second kappa shape index (κ2) is 8.75. The number of halogens is 3. The predicted molar refractivity (Wildman–Crippen MR) is 118 cm³/mol. The van der Waals surface area contributed by atoms with Crippen molar-refractivity contribution in [2.75, 3.05) is 44.2 Å². The van der Waals surface area contributed by atoms with Crippen LogP contribution in [0.5, 0.6) is 0 Å². The highest BCUT2D eigenvalue weighted by Crippen LogP contribution is 2.32. The first-order valence-electron chi connectivity index (χ1n) is 11.2. The van der Waals surface area contributed by atoms with Crippen molar-refractivity contribution >= 4 is 16.8 Å². The molecule has 2 saturated heterocycles. The summed E-state index contributed by atoms with van der Waals surface area (Å²) < 4.78 is 44.9. The lowest BCUT2D eigenvalue weighted by Gasteiger charge is -2.43. The molecule has 2 aromatic carbocycles. The first-order chi connectivity index (χ1) is 15.5. The third-order valence-corrected chi connectivity index (χ3v) is 6.62. The zero-order chi connectivity index (χ0) is 22.1. The fourth-order valence-electron chi connectivity index (χ4n) is 4.85. The Labute approximate surface area is 185 Å². The van der Waals surface area contributed by atoms with E-state index in [4.69, 9.17) is 4.42 Å². The molecular formula is C24H27F3N4O. The molecule has 5 nitrogen and oxygen atoms in total.